The van der Waals surface area contributed by atoms with Crippen molar-refractivity contribution in [3.05, 3.63) is 0 Å². The zero-order valence-corrected chi connectivity index (χ0v) is 11.2. The van der Waals surface area contributed by atoms with Crippen LogP contribution in [0.25, 0.3) is 0 Å². The van der Waals surface area contributed by atoms with Gasteiger partial charge in [-0.15, -0.1) is 0 Å². The third-order valence-electron chi connectivity index (χ3n) is 3.90. The van der Waals surface area contributed by atoms with Gasteiger partial charge >= 0.3 is 0 Å². The summed E-state index contributed by atoms with van der Waals surface area (Å²) in [5.41, 5.74) is 5.33. The lowest BCUT2D eigenvalue weighted by Gasteiger charge is -2.24. The minimum Gasteiger partial charge on any atom is -0.380 e. The molecule has 1 unspecified atom stereocenters. The van der Waals surface area contributed by atoms with E-state index in [1.165, 1.54) is 9.80 Å². The summed E-state index contributed by atoms with van der Waals surface area (Å²) < 4.78 is 5.20. The molecule has 3 amide bonds. The molecular weight excluding hydrogens is 250 g/mol. The van der Waals surface area contributed by atoms with Crippen molar-refractivity contribution in [2.24, 2.45) is 11.7 Å². The molecular formula is C12H19N3O4. The molecule has 0 aliphatic carbocycles. The van der Waals surface area contributed by atoms with Gasteiger partial charge in [0.1, 0.15) is 6.04 Å². The number of carbonyl (C=O) groups is 3. The summed E-state index contributed by atoms with van der Waals surface area (Å²) >= 11 is 0. The lowest BCUT2D eigenvalue weighted by Crippen LogP contribution is -2.46. The second-order valence-corrected chi connectivity index (χ2v) is 5.18. The van der Waals surface area contributed by atoms with Gasteiger partial charge in [0.15, 0.2) is 0 Å². The molecule has 19 heavy (non-hydrogen) atoms. The van der Waals surface area contributed by atoms with E-state index in [9.17, 15) is 14.4 Å². The molecule has 0 aromatic carbocycles. The highest BCUT2D eigenvalue weighted by molar-refractivity contribution is 5.92. The minimum atomic E-state index is -0.626. The highest BCUT2D eigenvalue weighted by atomic mass is 16.5. The first-order chi connectivity index (χ1) is 8.93. The number of hydrogen-bond donors (Lipinski definition) is 1. The number of rotatable bonds is 3. The lowest BCUT2D eigenvalue weighted by molar-refractivity contribution is -0.140. The van der Waals surface area contributed by atoms with Crippen LogP contribution in [0, 0.1) is 5.92 Å². The number of nitrogens with zero attached hydrogens (tertiary/aromatic N) is 2. The number of nitrogens with two attached hydrogens (primary N) is 1. The maximum atomic E-state index is 12.4. The van der Waals surface area contributed by atoms with Gasteiger partial charge in [-0.25, -0.2) is 0 Å². The first-order valence-electron chi connectivity index (χ1n) is 6.30. The molecule has 2 fully saturated rings. The van der Waals surface area contributed by atoms with E-state index in [2.05, 4.69) is 0 Å². The molecule has 2 N–H and O–H groups in total. The van der Waals surface area contributed by atoms with Gasteiger partial charge in [-0.3, -0.25) is 14.4 Å². The number of methoxy groups -OCH3 is 1. The van der Waals surface area contributed by atoms with Crippen LogP contribution in [0.3, 0.4) is 0 Å². The Balaban J connectivity index is 2.09. The van der Waals surface area contributed by atoms with Crippen LogP contribution in [0.5, 0.6) is 0 Å². The first-order valence-corrected chi connectivity index (χ1v) is 6.30. The van der Waals surface area contributed by atoms with Crippen molar-refractivity contribution >= 4 is 17.7 Å². The van der Waals surface area contributed by atoms with E-state index in [1.54, 1.807) is 14.2 Å². The minimum absolute atomic E-state index is 0.0449. The maximum Gasteiger partial charge on any atom is 0.240 e. The van der Waals surface area contributed by atoms with Crippen LogP contribution < -0.4 is 5.73 Å². The Labute approximate surface area is 111 Å². The van der Waals surface area contributed by atoms with Crippen molar-refractivity contribution < 1.29 is 19.1 Å². The summed E-state index contributed by atoms with van der Waals surface area (Å²) in [7, 11) is 3.21. The van der Waals surface area contributed by atoms with Crippen LogP contribution in [-0.2, 0) is 19.1 Å². The molecule has 3 atom stereocenters. The smallest absolute Gasteiger partial charge is 0.240 e. The Bertz CT molecular complexity index is 412. The maximum absolute atomic E-state index is 12.4. The summed E-state index contributed by atoms with van der Waals surface area (Å²) in [6.07, 6.45) is 0.458. The van der Waals surface area contributed by atoms with Crippen molar-refractivity contribution in [2.45, 2.75) is 25.0 Å². The monoisotopic (exact) mass is 269 g/mol. The second kappa shape index (κ2) is 5.16. The van der Waals surface area contributed by atoms with E-state index in [4.69, 9.17) is 10.5 Å². The third-order valence-corrected chi connectivity index (χ3v) is 3.90. The van der Waals surface area contributed by atoms with Crippen molar-refractivity contribution in [3.8, 4) is 0 Å². The molecule has 0 saturated carbocycles. The Morgan fingerprint density at radius 2 is 2.05 bits per heavy atom. The fraction of sp³-hybridized carbons (Fsp3) is 0.750. The normalized spacial score (nSPS) is 31.1. The van der Waals surface area contributed by atoms with Crippen LogP contribution in [0.1, 0.15) is 12.8 Å². The average Bonchev–Trinajstić information content (AvgIpc) is 2.93. The van der Waals surface area contributed by atoms with Gasteiger partial charge in [-0.1, -0.05) is 0 Å². The number of hydrogen-bond acceptors (Lipinski definition) is 4. The fourth-order valence-corrected chi connectivity index (χ4v) is 2.74. The standard InChI is InChI=1S/C12H19N3O4/c1-14-5-7(3-10(14)16)12(18)15-6-8(19-2)4-9(15)11(13)17/h7-9H,3-6H2,1-2H3,(H2,13,17)/t7?,8-,9-/m0/s1. The molecule has 2 aliphatic heterocycles. The number of ether oxygens (including phenoxy) is 1. The van der Waals surface area contributed by atoms with E-state index in [-0.39, 0.29) is 30.3 Å². The van der Waals surface area contributed by atoms with E-state index in [1.807, 2.05) is 0 Å². The summed E-state index contributed by atoms with van der Waals surface area (Å²) in [6.45, 7) is 0.759. The Hall–Kier alpha value is -1.63. The largest absolute Gasteiger partial charge is 0.380 e. The molecule has 0 bridgehead atoms. The Morgan fingerprint density at radius 3 is 2.53 bits per heavy atom. The topological polar surface area (TPSA) is 92.9 Å². The van der Waals surface area contributed by atoms with Crippen LogP contribution in [-0.4, -0.2) is 66.9 Å². The van der Waals surface area contributed by atoms with E-state index < -0.39 is 11.9 Å². The molecule has 0 aromatic rings. The van der Waals surface area contributed by atoms with Crippen LogP contribution in [0.2, 0.25) is 0 Å². The predicted octanol–water partition coefficient (Wildman–Crippen LogP) is -1.43. The Morgan fingerprint density at radius 1 is 1.37 bits per heavy atom. The molecule has 2 saturated heterocycles. The molecule has 2 rings (SSSR count). The van der Waals surface area contributed by atoms with E-state index >= 15 is 0 Å². The summed E-state index contributed by atoms with van der Waals surface area (Å²) in [6, 6.07) is -0.626. The van der Waals surface area contributed by atoms with Gasteiger partial charge in [0.05, 0.1) is 12.0 Å². The molecule has 2 heterocycles. The van der Waals surface area contributed by atoms with Gasteiger partial charge in [-0.05, 0) is 0 Å². The average molecular weight is 269 g/mol. The summed E-state index contributed by atoms with van der Waals surface area (Å²) in [4.78, 5) is 38.3. The molecule has 2 aliphatic rings. The molecule has 0 aromatic heterocycles. The van der Waals surface area contributed by atoms with Crippen molar-refractivity contribution in [3.63, 3.8) is 0 Å². The predicted molar refractivity (Wildman–Crippen MR) is 65.9 cm³/mol. The van der Waals surface area contributed by atoms with E-state index in [0.717, 1.165) is 0 Å². The number of amides is 3. The quantitative estimate of drug-likeness (QED) is 0.679. The SMILES string of the molecule is CO[C@H]1C[C@@H](C(N)=O)N(C(=O)C2CC(=O)N(C)C2)C1. The zero-order chi connectivity index (χ0) is 14.2. The fourth-order valence-electron chi connectivity index (χ4n) is 2.74. The molecule has 106 valence electrons. The summed E-state index contributed by atoms with van der Waals surface area (Å²) in [5, 5.41) is 0. The van der Waals surface area contributed by atoms with E-state index in [0.29, 0.717) is 19.5 Å². The van der Waals surface area contributed by atoms with Crippen LogP contribution >= 0.6 is 0 Å². The van der Waals surface area contributed by atoms with Gasteiger partial charge in [0.2, 0.25) is 17.7 Å². The Kier molecular flexibility index (Phi) is 3.75. The molecule has 7 heteroatoms. The highest BCUT2D eigenvalue weighted by Crippen LogP contribution is 2.25. The van der Waals surface area contributed by atoms with Gasteiger partial charge in [-0.2, -0.15) is 0 Å². The van der Waals surface area contributed by atoms with Crippen LogP contribution in [0.15, 0.2) is 0 Å². The van der Waals surface area contributed by atoms with Gasteiger partial charge < -0.3 is 20.3 Å². The van der Waals surface area contributed by atoms with Crippen molar-refractivity contribution in [2.75, 3.05) is 27.2 Å². The molecule has 0 radical (unpaired) electrons. The first kappa shape index (κ1) is 13.8. The zero-order valence-electron chi connectivity index (χ0n) is 11.2. The van der Waals surface area contributed by atoms with Crippen LogP contribution in [0.4, 0.5) is 0 Å². The number of primary amides is 1. The van der Waals surface area contributed by atoms with Gasteiger partial charge in [0, 0.05) is 40.1 Å². The van der Waals surface area contributed by atoms with Crippen molar-refractivity contribution in [1.82, 2.24) is 9.80 Å². The second-order valence-electron chi connectivity index (χ2n) is 5.18. The third kappa shape index (κ3) is 2.56. The molecule has 7 nitrogen and oxygen atoms in total. The summed E-state index contributed by atoms with van der Waals surface area (Å²) in [5.74, 6) is -1.13. The molecule has 0 spiro atoms. The highest BCUT2D eigenvalue weighted by Gasteiger charge is 2.43. The lowest BCUT2D eigenvalue weighted by atomic mass is 10.1. The number of likely N-dealkylation sites (tertiary alicyclic amines) is 2. The number of carbonyl (C=O) groups excluding carboxylic acids is 3. The van der Waals surface area contributed by atoms with Crippen molar-refractivity contribution in [1.29, 1.82) is 0 Å². The van der Waals surface area contributed by atoms with Gasteiger partial charge in [0.25, 0.3) is 0 Å².